The Hall–Kier alpha value is -4.80. The zero-order valence-corrected chi connectivity index (χ0v) is 43.0. The van der Waals surface area contributed by atoms with E-state index in [-0.39, 0.29) is 0 Å². The lowest BCUT2D eigenvalue weighted by molar-refractivity contribution is 0.174. The van der Waals surface area contributed by atoms with Gasteiger partial charge in [-0.2, -0.15) is 0 Å². The predicted molar refractivity (Wildman–Crippen MR) is 283 cm³/mol. The number of unbranched alkanes of at least 4 members (excludes halogenated alkanes) is 18. The van der Waals surface area contributed by atoms with E-state index < -0.39 is 0 Å². The molecule has 8 nitrogen and oxygen atoms in total. The van der Waals surface area contributed by atoms with Gasteiger partial charge in [0, 0.05) is 33.0 Å². The third-order valence-electron chi connectivity index (χ3n) is 13.4. The van der Waals surface area contributed by atoms with Crippen molar-refractivity contribution in [1.29, 1.82) is 0 Å². The largest absolute Gasteiger partial charge is 0.490 e. The summed E-state index contributed by atoms with van der Waals surface area (Å²) in [7, 11) is 0. The van der Waals surface area contributed by atoms with Gasteiger partial charge in [-0.1, -0.05) is 154 Å². The van der Waals surface area contributed by atoms with Gasteiger partial charge in [-0.05, 0) is 62.1 Å². The first kappa shape index (κ1) is 49.6. The quantitative estimate of drug-likeness (QED) is 0.0450. The minimum absolute atomic E-state index is 0.495. The third-order valence-corrected chi connectivity index (χ3v) is 15.4. The fourth-order valence-electron chi connectivity index (χ4n) is 9.32. The Morgan fingerprint density at radius 1 is 0.456 bits per heavy atom. The van der Waals surface area contributed by atoms with E-state index in [1.54, 1.807) is 22.7 Å². The van der Waals surface area contributed by atoms with Crippen molar-refractivity contribution in [3.63, 3.8) is 0 Å². The number of rotatable bonds is 28. The van der Waals surface area contributed by atoms with Crippen LogP contribution in [-0.2, 0) is 0 Å². The summed E-state index contributed by atoms with van der Waals surface area (Å²) in [4.78, 5) is 13.3. The summed E-state index contributed by atoms with van der Waals surface area (Å²) in [5.74, 6) is 4.60. The molecule has 2 aliphatic rings. The number of nitrogens with zero attached hydrogens (tertiary/aromatic N) is 2. The van der Waals surface area contributed by atoms with E-state index in [4.69, 9.17) is 38.4 Å². The molecule has 364 valence electrons. The zero-order chi connectivity index (χ0) is 46.9. The topological polar surface area (TPSA) is 81.2 Å². The molecule has 0 amide bonds. The molecule has 0 saturated carbocycles. The van der Waals surface area contributed by atoms with Crippen LogP contribution in [0.25, 0.3) is 54.4 Å². The van der Waals surface area contributed by atoms with Gasteiger partial charge in [-0.15, -0.1) is 22.7 Å². The Morgan fingerprint density at radius 3 is 1.37 bits per heavy atom. The van der Waals surface area contributed by atoms with Crippen LogP contribution in [0.1, 0.15) is 153 Å². The lowest BCUT2D eigenvalue weighted by Crippen LogP contribution is -2.14. The van der Waals surface area contributed by atoms with Gasteiger partial charge in [0.25, 0.3) is 0 Å². The van der Waals surface area contributed by atoms with Crippen molar-refractivity contribution in [1.82, 2.24) is 9.97 Å². The summed E-state index contributed by atoms with van der Waals surface area (Å²) < 4.78 is 37.9. The monoisotopic (exact) mass is 958 g/mol. The molecule has 0 saturated heterocycles. The summed E-state index contributed by atoms with van der Waals surface area (Å²) in [5, 5.41) is 4.07. The van der Waals surface area contributed by atoms with Crippen LogP contribution in [0.3, 0.4) is 0 Å². The van der Waals surface area contributed by atoms with Crippen molar-refractivity contribution in [2.75, 3.05) is 39.6 Å². The maximum absolute atomic E-state index is 6.73. The molecule has 0 fully saturated rings. The summed E-state index contributed by atoms with van der Waals surface area (Å²) in [6.45, 7) is 12.2. The minimum Gasteiger partial charge on any atom is -0.490 e. The molecule has 2 aliphatic heterocycles. The molecule has 0 radical (unpaired) electrons. The van der Waals surface area contributed by atoms with E-state index in [0.29, 0.717) is 39.6 Å². The molecule has 5 heterocycles. The molecular formula is C58H74N2O6S2. The summed E-state index contributed by atoms with van der Waals surface area (Å²) in [5.41, 5.74) is 9.37. The molecule has 8 rings (SSSR count). The summed E-state index contributed by atoms with van der Waals surface area (Å²) in [6, 6.07) is 17.2. The molecule has 0 spiro atoms. The van der Waals surface area contributed by atoms with Crippen molar-refractivity contribution < 1.29 is 28.4 Å². The minimum atomic E-state index is 0.495. The maximum Gasteiger partial charge on any atom is 0.180 e. The van der Waals surface area contributed by atoms with Crippen LogP contribution in [0.2, 0.25) is 0 Å². The smallest absolute Gasteiger partial charge is 0.180 e. The fourth-order valence-corrected chi connectivity index (χ4v) is 11.2. The highest BCUT2D eigenvalue weighted by molar-refractivity contribution is 7.15. The van der Waals surface area contributed by atoms with Crippen molar-refractivity contribution in [3.05, 3.63) is 70.4 Å². The van der Waals surface area contributed by atoms with Crippen LogP contribution in [0.15, 0.2) is 59.3 Å². The Kier molecular flexibility index (Phi) is 18.8. The molecule has 6 aromatic rings. The molecule has 3 aromatic heterocycles. The van der Waals surface area contributed by atoms with Crippen LogP contribution in [0, 0.1) is 13.8 Å². The second-order valence-corrected chi connectivity index (χ2v) is 20.5. The first-order chi connectivity index (χ1) is 33.5. The SMILES string of the molecule is CCCCCCCCCCCCOc1ccc(-c2nc3c(-c4scc5c4OCCO5)ccc(-c4scc5c4OCCO5)c3nc2-c2ccc(C)c(C)c2)cc1OCCCCCCCCCCCC. The first-order valence-corrected chi connectivity index (χ1v) is 27.9. The Morgan fingerprint density at radius 2 is 0.882 bits per heavy atom. The van der Waals surface area contributed by atoms with Gasteiger partial charge in [0.2, 0.25) is 0 Å². The van der Waals surface area contributed by atoms with Gasteiger partial charge in [-0.25, -0.2) is 9.97 Å². The summed E-state index contributed by atoms with van der Waals surface area (Å²) >= 11 is 3.23. The van der Waals surface area contributed by atoms with E-state index in [1.165, 1.54) is 120 Å². The lowest BCUT2D eigenvalue weighted by atomic mass is 9.98. The van der Waals surface area contributed by atoms with E-state index in [9.17, 15) is 0 Å². The van der Waals surface area contributed by atoms with Gasteiger partial charge in [0.15, 0.2) is 34.5 Å². The number of hydrogen-bond donors (Lipinski definition) is 0. The molecule has 68 heavy (non-hydrogen) atoms. The van der Waals surface area contributed by atoms with Crippen LogP contribution < -0.4 is 28.4 Å². The summed E-state index contributed by atoms with van der Waals surface area (Å²) in [6.07, 6.45) is 25.7. The number of thiophene rings is 2. The average molecular weight is 959 g/mol. The Bertz CT molecular complexity index is 2530. The van der Waals surface area contributed by atoms with E-state index in [1.807, 2.05) is 10.8 Å². The Labute approximate surface area is 414 Å². The van der Waals surface area contributed by atoms with Crippen molar-refractivity contribution in [3.8, 4) is 77.9 Å². The molecular weight excluding hydrogens is 885 g/mol. The van der Waals surface area contributed by atoms with Gasteiger partial charge >= 0.3 is 0 Å². The maximum atomic E-state index is 6.73. The number of aromatic nitrogens is 2. The predicted octanol–water partition coefficient (Wildman–Crippen LogP) is 17.2. The Balaban J connectivity index is 1.13. The first-order valence-electron chi connectivity index (χ1n) is 26.1. The molecule has 0 unspecified atom stereocenters. The third kappa shape index (κ3) is 12.7. The zero-order valence-electron chi connectivity index (χ0n) is 41.3. The van der Waals surface area contributed by atoms with Crippen molar-refractivity contribution in [2.45, 2.75) is 156 Å². The molecule has 10 heteroatoms. The lowest BCUT2D eigenvalue weighted by Gasteiger charge is -2.20. The molecule has 0 atom stereocenters. The van der Waals surface area contributed by atoms with E-state index in [2.05, 4.69) is 76.2 Å². The standard InChI is InChI=1S/C58H74N2O6S2/c1-5-7-9-11-13-15-17-19-21-23-31-61-47-30-27-44(38-48(47)62-32-24-22-20-18-16-14-12-10-8-6-2)52-51(43-26-25-41(3)42(4)37-43)59-53-45(57-55-49(39-67-57)63-33-35-65-55)28-29-46(54(53)60-52)58-56-50(40-68-58)64-34-36-66-56/h25-30,37-40H,5-24,31-36H2,1-4H3. The highest BCUT2D eigenvalue weighted by atomic mass is 32.1. The number of ether oxygens (including phenoxy) is 6. The van der Waals surface area contributed by atoms with Gasteiger partial charge in [-0.3, -0.25) is 0 Å². The van der Waals surface area contributed by atoms with Crippen molar-refractivity contribution in [2.24, 2.45) is 0 Å². The van der Waals surface area contributed by atoms with Crippen LogP contribution in [0.5, 0.6) is 34.5 Å². The number of aryl methyl sites for hydroxylation is 2. The molecule has 0 N–H and O–H groups in total. The number of benzene rings is 3. The van der Waals surface area contributed by atoms with Crippen molar-refractivity contribution >= 4 is 33.7 Å². The highest BCUT2D eigenvalue weighted by Crippen LogP contribution is 2.52. The average Bonchev–Trinajstić information content (AvgIpc) is 4.00. The van der Waals surface area contributed by atoms with Crippen LogP contribution >= 0.6 is 22.7 Å². The van der Waals surface area contributed by atoms with Gasteiger partial charge in [0.05, 0.1) is 45.4 Å². The fraction of sp³-hybridized carbons (Fsp3) is 0.517. The van der Waals surface area contributed by atoms with Crippen LogP contribution in [0.4, 0.5) is 0 Å². The van der Waals surface area contributed by atoms with E-state index in [0.717, 1.165) is 108 Å². The van der Waals surface area contributed by atoms with Gasteiger partial charge < -0.3 is 28.4 Å². The van der Waals surface area contributed by atoms with E-state index >= 15 is 0 Å². The molecule has 0 aliphatic carbocycles. The highest BCUT2D eigenvalue weighted by Gasteiger charge is 2.28. The van der Waals surface area contributed by atoms with Crippen LogP contribution in [-0.4, -0.2) is 49.6 Å². The number of fused-ring (bicyclic) bond motifs is 3. The van der Waals surface area contributed by atoms with Gasteiger partial charge in [0.1, 0.15) is 26.4 Å². The second kappa shape index (κ2) is 25.7. The molecule has 0 bridgehead atoms. The number of hydrogen-bond acceptors (Lipinski definition) is 10. The normalized spacial score (nSPS) is 13.1. The molecule has 3 aromatic carbocycles. The second-order valence-electron chi connectivity index (χ2n) is 18.7.